The zero-order valence-corrected chi connectivity index (χ0v) is 41.8. The summed E-state index contributed by atoms with van der Waals surface area (Å²) in [5, 5.41) is 9.99. The Morgan fingerprint density at radius 3 is 1.37 bits per heavy atom. The lowest BCUT2D eigenvalue weighted by Crippen LogP contribution is -2.26. The molecule has 0 aliphatic heterocycles. The van der Waals surface area contributed by atoms with Crippen molar-refractivity contribution in [1.29, 1.82) is 0 Å². The van der Waals surface area contributed by atoms with E-state index in [0.717, 1.165) is 17.1 Å². The Morgan fingerprint density at radius 1 is 0.267 bits per heavy atom. The summed E-state index contributed by atoms with van der Waals surface area (Å²) in [6.07, 6.45) is 0. The highest BCUT2D eigenvalue weighted by molar-refractivity contribution is 6.26. The van der Waals surface area contributed by atoms with Crippen LogP contribution in [0.15, 0.2) is 261 Å². The van der Waals surface area contributed by atoms with Gasteiger partial charge < -0.3 is 4.90 Å². The zero-order valence-electron chi connectivity index (χ0n) is 41.8. The Labute approximate surface area is 437 Å². The van der Waals surface area contributed by atoms with E-state index in [2.05, 4.69) is 280 Å². The van der Waals surface area contributed by atoms with Gasteiger partial charge in [-0.25, -0.2) is 0 Å². The molecule has 0 bridgehead atoms. The summed E-state index contributed by atoms with van der Waals surface area (Å²) in [7, 11) is 0. The van der Waals surface area contributed by atoms with Crippen molar-refractivity contribution in [3.05, 3.63) is 294 Å². The fraction of sp³-hybridized carbons (Fsp3) is 0.0541. The summed E-state index contributed by atoms with van der Waals surface area (Å²) in [6, 6.07) is 98.7. The molecule has 0 saturated heterocycles. The molecule has 16 rings (SSSR count). The molecular weight excluding hydrogens is 903 g/mol. The maximum absolute atomic E-state index is 2.59. The molecule has 0 fully saturated rings. The molecule has 0 amide bonds. The van der Waals surface area contributed by atoms with Gasteiger partial charge in [0.1, 0.15) is 0 Å². The highest BCUT2D eigenvalue weighted by Crippen LogP contribution is 2.64. The predicted octanol–water partition coefficient (Wildman–Crippen LogP) is 19.8. The van der Waals surface area contributed by atoms with E-state index in [1.54, 1.807) is 0 Å². The summed E-state index contributed by atoms with van der Waals surface area (Å²) in [5.41, 5.74) is 23.5. The lowest BCUT2D eigenvalue weighted by molar-refractivity contribution is 0.660. The number of fused-ring (bicyclic) bond motifs is 20. The molecule has 0 aromatic heterocycles. The Morgan fingerprint density at radius 2 is 0.720 bits per heavy atom. The van der Waals surface area contributed by atoms with Crippen molar-refractivity contribution in [3.8, 4) is 55.6 Å². The Kier molecular flexibility index (Phi) is 8.79. The first-order chi connectivity index (χ1) is 37.0. The molecule has 0 heterocycles. The summed E-state index contributed by atoms with van der Waals surface area (Å²) in [5.74, 6) is 0. The van der Waals surface area contributed by atoms with Gasteiger partial charge in [-0.15, -0.1) is 0 Å². The van der Waals surface area contributed by atoms with E-state index in [-0.39, 0.29) is 5.41 Å². The van der Waals surface area contributed by atoms with Crippen molar-refractivity contribution in [2.75, 3.05) is 4.90 Å². The van der Waals surface area contributed by atoms with Crippen LogP contribution in [0.5, 0.6) is 0 Å². The van der Waals surface area contributed by atoms with Crippen molar-refractivity contribution in [3.63, 3.8) is 0 Å². The van der Waals surface area contributed by atoms with Crippen LogP contribution < -0.4 is 4.90 Å². The van der Waals surface area contributed by atoms with E-state index < -0.39 is 5.41 Å². The van der Waals surface area contributed by atoms with Gasteiger partial charge in [-0.05, 0) is 163 Å². The van der Waals surface area contributed by atoms with Gasteiger partial charge in [0.05, 0.1) is 11.1 Å². The van der Waals surface area contributed by atoms with E-state index in [4.69, 9.17) is 0 Å². The van der Waals surface area contributed by atoms with Crippen LogP contribution in [0.25, 0.3) is 98.7 Å². The Balaban J connectivity index is 1.01. The summed E-state index contributed by atoms with van der Waals surface area (Å²) in [4.78, 5) is 2.57. The van der Waals surface area contributed by atoms with E-state index in [1.807, 2.05) is 0 Å². The molecule has 13 aromatic carbocycles. The third-order valence-electron chi connectivity index (χ3n) is 17.5. The SMILES string of the molecule is CC1(C)c2ccccc2-c2c(-c3ccc(N(c4ccc5c6ccccc6c6ccccc6c5c4)c4cc5c(cc4-c4cccc6ccccc46)-c4ccccc4C54c5ccccc5-c5ccccc54)cc3)cccc21. The number of hydrogen-bond acceptors (Lipinski definition) is 1. The van der Waals surface area contributed by atoms with Gasteiger partial charge >= 0.3 is 0 Å². The first-order valence-corrected chi connectivity index (χ1v) is 26.4. The molecule has 1 nitrogen and oxygen atoms in total. The fourth-order valence-electron chi connectivity index (χ4n) is 14.2. The van der Waals surface area contributed by atoms with Crippen LogP contribution in [0.4, 0.5) is 17.1 Å². The fourth-order valence-corrected chi connectivity index (χ4v) is 14.2. The Hall–Kier alpha value is -9.30. The molecule has 0 N–H and O–H groups in total. The molecule has 0 atom stereocenters. The Bertz CT molecular complexity index is 4480. The van der Waals surface area contributed by atoms with Crippen molar-refractivity contribution < 1.29 is 0 Å². The summed E-state index contributed by atoms with van der Waals surface area (Å²) < 4.78 is 0. The first-order valence-electron chi connectivity index (χ1n) is 26.4. The molecule has 0 saturated carbocycles. The van der Waals surface area contributed by atoms with Crippen LogP contribution in [0.3, 0.4) is 0 Å². The summed E-state index contributed by atoms with van der Waals surface area (Å²) >= 11 is 0. The van der Waals surface area contributed by atoms with Crippen molar-refractivity contribution >= 4 is 60.2 Å². The van der Waals surface area contributed by atoms with Crippen LogP contribution in [-0.4, -0.2) is 0 Å². The lowest BCUT2D eigenvalue weighted by Gasteiger charge is -2.33. The monoisotopic (exact) mass is 951 g/mol. The second kappa shape index (κ2) is 15.6. The average molecular weight is 952 g/mol. The second-order valence-electron chi connectivity index (χ2n) is 21.4. The van der Waals surface area contributed by atoms with Crippen LogP contribution in [0.2, 0.25) is 0 Å². The topological polar surface area (TPSA) is 3.24 Å². The normalized spacial score (nSPS) is 13.9. The van der Waals surface area contributed by atoms with E-state index in [9.17, 15) is 0 Å². The van der Waals surface area contributed by atoms with E-state index >= 15 is 0 Å². The second-order valence-corrected chi connectivity index (χ2v) is 21.4. The van der Waals surface area contributed by atoms with Gasteiger partial charge in [-0.3, -0.25) is 0 Å². The third-order valence-corrected chi connectivity index (χ3v) is 17.5. The molecule has 0 radical (unpaired) electrons. The molecule has 1 heteroatoms. The quantitative estimate of drug-likeness (QED) is 0.155. The van der Waals surface area contributed by atoms with Crippen LogP contribution in [0, 0.1) is 0 Å². The minimum Gasteiger partial charge on any atom is -0.310 e. The number of nitrogens with zero attached hydrogens (tertiary/aromatic N) is 1. The van der Waals surface area contributed by atoms with E-state index in [0.29, 0.717) is 0 Å². The van der Waals surface area contributed by atoms with Crippen LogP contribution in [0.1, 0.15) is 47.2 Å². The molecule has 0 unspecified atom stereocenters. The highest BCUT2D eigenvalue weighted by atomic mass is 15.1. The van der Waals surface area contributed by atoms with Gasteiger partial charge in [-0.1, -0.05) is 238 Å². The largest absolute Gasteiger partial charge is 0.310 e. The summed E-state index contributed by atoms with van der Waals surface area (Å²) in [6.45, 7) is 4.74. The average Bonchev–Trinajstić information content (AvgIpc) is 4.24. The molecular formula is C74H49N. The molecule has 75 heavy (non-hydrogen) atoms. The van der Waals surface area contributed by atoms with Crippen molar-refractivity contribution in [1.82, 2.24) is 0 Å². The predicted molar refractivity (Wildman–Crippen MR) is 316 cm³/mol. The third kappa shape index (κ3) is 5.73. The van der Waals surface area contributed by atoms with Gasteiger partial charge in [0.25, 0.3) is 0 Å². The standard InChI is InChI=1S/C74H49N/c1-73(2)65-32-13-12-29-61(65)72-51(30-18-36-69(72)73)47-37-39-48(40-38-47)75(49-41-42-57-55-24-6-5-22-53(55)54-23-7-8-25-56(54)62(57)43-49)71-45-70-63(44-64(71)52-31-17-20-46-19-3-4-21-50(46)52)60-28-11-16-35-68(60)74(70)66-33-14-9-26-58(66)59-27-10-15-34-67(59)74/h3-45H,1-2H3. The highest BCUT2D eigenvalue weighted by Gasteiger charge is 2.52. The van der Waals surface area contributed by atoms with E-state index in [1.165, 1.54) is 132 Å². The first kappa shape index (κ1) is 42.2. The number of rotatable bonds is 5. The number of hydrogen-bond donors (Lipinski definition) is 0. The molecule has 13 aromatic rings. The zero-order chi connectivity index (χ0) is 49.6. The van der Waals surface area contributed by atoms with Gasteiger partial charge in [-0.2, -0.15) is 0 Å². The van der Waals surface area contributed by atoms with Crippen molar-refractivity contribution in [2.45, 2.75) is 24.7 Å². The maximum Gasteiger partial charge on any atom is 0.0726 e. The minimum absolute atomic E-state index is 0.0901. The smallest absolute Gasteiger partial charge is 0.0726 e. The van der Waals surface area contributed by atoms with Crippen molar-refractivity contribution in [2.24, 2.45) is 0 Å². The van der Waals surface area contributed by atoms with Gasteiger partial charge in [0.15, 0.2) is 0 Å². The van der Waals surface area contributed by atoms with Gasteiger partial charge in [0.2, 0.25) is 0 Å². The molecule has 350 valence electrons. The lowest BCUT2D eigenvalue weighted by atomic mass is 9.70. The van der Waals surface area contributed by atoms with Crippen LogP contribution >= 0.6 is 0 Å². The minimum atomic E-state index is -0.531. The molecule has 1 spiro atoms. The number of anilines is 3. The number of benzene rings is 13. The molecule has 3 aliphatic rings. The maximum atomic E-state index is 2.59. The van der Waals surface area contributed by atoms with Crippen LogP contribution in [-0.2, 0) is 10.8 Å². The molecule has 3 aliphatic carbocycles. The van der Waals surface area contributed by atoms with Gasteiger partial charge in [0, 0.05) is 22.4 Å².